The predicted molar refractivity (Wildman–Crippen MR) is 136 cm³/mol. The summed E-state index contributed by atoms with van der Waals surface area (Å²) in [6, 6.07) is 11.9. The summed E-state index contributed by atoms with van der Waals surface area (Å²) in [7, 11) is 0. The molecular weight excluding hydrogens is 468 g/mol. The van der Waals surface area contributed by atoms with Crippen LogP contribution in [0.25, 0.3) is 10.8 Å². The lowest BCUT2D eigenvalue weighted by atomic mass is 9.74. The number of amides is 3. The van der Waals surface area contributed by atoms with E-state index in [-0.39, 0.29) is 29.6 Å². The Hall–Kier alpha value is -3.78. The zero-order chi connectivity index (χ0) is 25.1. The molecule has 2 aromatic carbocycles. The molecule has 8 heteroatoms. The predicted octanol–water partition coefficient (Wildman–Crippen LogP) is 2.92. The molecule has 1 aromatic heterocycles. The van der Waals surface area contributed by atoms with E-state index in [0.717, 1.165) is 43.8 Å². The van der Waals surface area contributed by atoms with Crippen molar-refractivity contribution >= 4 is 28.5 Å². The number of hydrogen-bond donors (Lipinski definition) is 1. The Bertz CT molecular complexity index is 1450. The van der Waals surface area contributed by atoms with Crippen molar-refractivity contribution in [3.63, 3.8) is 0 Å². The average Bonchev–Trinajstić information content (AvgIpc) is 3.44. The number of hydrogen-bond acceptors (Lipinski definition) is 6. The van der Waals surface area contributed by atoms with Gasteiger partial charge in [-0.15, -0.1) is 0 Å². The van der Waals surface area contributed by atoms with Crippen molar-refractivity contribution in [1.29, 1.82) is 0 Å². The highest BCUT2D eigenvalue weighted by Gasteiger charge is 2.47. The summed E-state index contributed by atoms with van der Waals surface area (Å²) in [6.45, 7) is 3.81. The smallest absolute Gasteiger partial charge is 0.255 e. The van der Waals surface area contributed by atoms with E-state index in [1.807, 2.05) is 18.5 Å². The molecule has 1 spiro atoms. The fourth-order valence-electron chi connectivity index (χ4n) is 6.59. The molecule has 2 saturated heterocycles. The number of nitrogens with one attached hydrogen (secondary N) is 1. The molecule has 0 saturated carbocycles. The van der Waals surface area contributed by atoms with Crippen LogP contribution in [0.5, 0.6) is 5.75 Å². The topological polar surface area (TPSA) is 91.8 Å². The monoisotopic (exact) mass is 496 g/mol. The number of likely N-dealkylation sites (tertiary alicyclic amines) is 1. The summed E-state index contributed by atoms with van der Waals surface area (Å²) in [5.41, 5.74) is 3.94. The van der Waals surface area contributed by atoms with Gasteiger partial charge in [0.05, 0.1) is 13.2 Å². The number of benzene rings is 2. The van der Waals surface area contributed by atoms with Crippen molar-refractivity contribution in [2.45, 2.75) is 50.2 Å². The van der Waals surface area contributed by atoms with Gasteiger partial charge in [0.15, 0.2) is 0 Å². The second-order valence-corrected chi connectivity index (χ2v) is 10.7. The van der Waals surface area contributed by atoms with E-state index in [9.17, 15) is 14.4 Å². The quantitative estimate of drug-likeness (QED) is 0.561. The maximum absolute atomic E-state index is 13.2. The number of carbonyl (C=O) groups excluding carboxylic acids is 3. The van der Waals surface area contributed by atoms with E-state index in [1.54, 1.807) is 4.90 Å². The largest absolute Gasteiger partial charge is 0.492 e. The average molecular weight is 497 g/mol. The molecule has 37 heavy (non-hydrogen) atoms. The number of aromatic nitrogens is 1. The molecule has 3 aromatic rings. The first-order valence-corrected chi connectivity index (χ1v) is 13.0. The van der Waals surface area contributed by atoms with Gasteiger partial charge in [-0.2, -0.15) is 0 Å². The molecule has 4 aliphatic rings. The summed E-state index contributed by atoms with van der Waals surface area (Å²) in [4.78, 5) is 45.6. The minimum absolute atomic E-state index is 0.0493. The van der Waals surface area contributed by atoms with E-state index < -0.39 is 6.04 Å². The number of nitrogens with zero attached hydrogens (tertiary/aromatic N) is 3. The highest BCUT2D eigenvalue weighted by atomic mass is 16.5. The minimum atomic E-state index is -0.615. The van der Waals surface area contributed by atoms with E-state index in [1.165, 1.54) is 21.9 Å². The number of fused-ring (bicyclic) bond motifs is 5. The van der Waals surface area contributed by atoms with Gasteiger partial charge in [-0.25, -0.2) is 0 Å². The van der Waals surface area contributed by atoms with Crippen LogP contribution in [0, 0.1) is 0 Å². The van der Waals surface area contributed by atoms with Crippen molar-refractivity contribution in [2.24, 2.45) is 0 Å². The molecule has 4 aliphatic heterocycles. The lowest BCUT2D eigenvalue weighted by Gasteiger charge is -2.38. The second kappa shape index (κ2) is 8.38. The SMILES string of the molecule is O=C1CCC(N2Cc3c(ccc4c3OCC43CCN(Cc4cccc5ccncc45)CC3)C2=O)C(=O)N1. The molecule has 188 valence electrons. The normalized spacial score (nSPS) is 22.8. The van der Waals surface area contributed by atoms with Crippen molar-refractivity contribution < 1.29 is 19.1 Å². The standard InChI is InChI=1S/C29H28N4O4/c34-25-7-6-24(27(35)31-25)33-16-22-20(28(33)36)4-5-23-26(22)37-17-29(23)9-12-32(13-10-29)15-19-3-1-2-18-8-11-30-14-21(18)19/h1-5,8,11,14,24H,6-7,9-10,12-13,15-17H2,(H,31,34,35). The molecule has 2 fully saturated rings. The summed E-state index contributed by atoms with van der Waals surface area (Å²) in [5, 5.41) is 4.80. The van der Waals surface area contributed by atoms with Crippen LogP contribution < -0.4 is 10.1 Å². The second-order valence-electron chi connectivity index (χ2n) is 10.7. The van der Waals surface area contributed by atoms with Crippen molar-refractivity contribution in [3.8, 4) is 5.75 Å². The summed E-state index contributed by atoms with van der Waals surface area (Å²) < 4.78 is 6.31. The lowest BCUT2D eigenvalue weighted by molar-refractivity contribution is -0.136. The fourth-order valence-corrected chi connectivity index (χ4v) is 6.59. The highest BCUT2D eigenvalue weighted by molar-refractivity contribution is 6.05. The molecule has 1 N–H and O–H groups in total. The van der Waals surface area contributed by atoms with E-state index in [4.69, 9.17) is 4.74 Å². The Morgan fingerprint density at radius 1 is 1.08 bits per heavy atom. The van der Waals surface area contributed by atoms with Gasteiger partial charge in [0.2, 0.25) is 11.8 Å². The zero-order valence-corrected chi connectivity index (χ0v) is 20.5. The van der Waals surface area contributed by atoms with Gasteiger partial charge in [0.1, 0.15) is 11.8 Å². The van der Waals surface area contributed by atoms with Crippen LogP contribution in [0.2, 0.25) is 0 Å². The Morgan fingerprint density at radius 3 is 2.78 bits per heavy atom. The van der Waals surface area contributed by atoms with Gasteiger partial charge in [0, 0.05) is 52.9 Å². The lowest BCUT2D eigenvalue weighted by Crippen LogP contribution is -2.52. The first-order valence-electron chi connectivity index (χ1n) is 13.0. The van der Waals surface area contributed by atoms with Crippen LogP contribution in [-0.4, -0.2) is 58.2 Å². The number of imide groups is 1. The van der Waals surface area contributed by atoms with Gasteiger partial charge < -0.3 is 9.64 Å². The Morgan fingerprint density at radius 2 is 1.95 bits per heavy atom. The van der Waals surface area contributed by atoms with Crippen LogP contribution in [0.15, 0.2) is 48.8 Å². The third-order valence-electron chi connectivity index (χ3n) is 8.71. The van der Waals surface area contributed by atoms with Gasteiger partial charge in [0.25, 0.3) is 5.91 Å². The van der Waals surface area contributed by atoms with Crippen LogP contribution in [-0.2, 0) is 28.1 Å². The molecule has 1 atom stereocenters. The van der Waals surface area contributed by atoms with Gasteiger partial charge >= 0.3 is 0 Å². The summed E-state index contributed by atoms with van der Waals surface area (Å²) >= 11 is 0. The number of rotatable bonds is 3. The van der Waals surface area contributed by atoms with E-state index in [0.29, 0.717) is 25.1 Å². The molecule has 0 bridgehead atoms. The Balaban J connectivity index is 1.09. The number of ether oxygens (including phenoxy) is 1. The molecule has 7 rings (SSSR count). The number of pyridine rings is 1. The zero-order valence-electron chi connectivity index (χ0n) is 20.5. The Kier molecular flexibility index (Phi) is 5.08. The number of carbonyl (C=O) groups is 3. The van der Waals surface area contributed by atoms with Crippen LogP contribution in [0.4, 0.5) is 0 Å². The first kappa shape index (κ1) is 22.4. The van der Waals surface area contributed by atoms with Gasteiger partial charge in [-0.1, -0.05) is 24.3 Å². The fraction of sp³-hybridized carbons (Fsp3) is 0.379. The summed E-state index contributed by atoms with van der Waals surface area (Å²) in [5.74, 6) is 0.00583. The molecule has 0 aliphatic carbocycles. The van der Waals surface area contributed by atoms with Crippen molar-refractivity contribution in [2.75, 3.05) is 19.7 Å². The van der Waals surface area contributed by atoms with E-state index >= 15 is 0 Å². The summed E-state index contributed by atoms with van der Waals surface area (Å²) in [6.07, 6.45) is 6.39. The maximum Gasteiger partial charge on any atom is 0.255 e. The van der Waals surface area contributed by atoms with Crippen LogP contribution >= 0.6 is 0 Å². The van der Waals surface area contributed by atoms with E-state index in [2.05, 4.69) is 45.5 Å². The molecule has 3 amide bonds. The Labute approximate surface area is 214 Å². The molecular formula is C29H28N4O4. The highest BCUT2D eigenvalue weighted by Crippen LogP contribution is 2.49. The third-order valence-corrected chi connectivity index (χ3v) is 8.71. The first-order chi connectivity index (χ1) is 18.0. The molecule has 8 nitrogen and oxygen atoms in total. The van der Waals surface area contributed by atoms with Gasteiger partial charge in [-0.05, 0) is 55.4 Å². The maximum atomic E-state index is 13.2. The molecule has 0 radical (unpaired) electrons. The third kappa shape index (κ3) is 3.54. The molecule has 5 heterocycles. The van der Waals surface area contributed by atoms with Crippen molar-refractivity contribution in [3.05, 3.63) is 71.0 Å². The van der Waals surface area contributed by atoms with Crippen LogP contribution in [0.1, 0.15) is 52.7 Å². The molecule has 1 unspecified atom stereocenters. The minimum Gasteiger partial charge on any atom is -0.492 e. The van der Waals surface area contributed by atoms with Crippen LogP contribution in [0.3, 0.4) is 0 Å². The number of piperidine rings is 2. The van der Waals surface area contributed by atoms with Crippen molar-refractivity contribution in [1.82, 2.24) is 20.1 Å². The van der Waals surface area contributed by atoms with Gasteiger partial charge in [-0.3, -0.25) is 29.6 Å².